The van der Waals surface area contributed by atoms with Gasteiger partial charge in [-0.15, -0.1) is 0 Å². The van der Waals surface area contributed by atoms with Gasteiger partial charge < -0.3 is 4.42 Å². The lowest BCUT2D eigenvalue weighted by molar-refractivity contribution is 0.592. The van der Waals surface area contributed by atoms with E-state index in [0.717, 1.165) is 5.39 Å². The molecule has 94 valence electrons. The van der Waals surface area contributed by atoms with E-state index in [-0.39, 0.29) is 5.89 Å². The van der Waals surface area contributed by atoms with Gasteiger partial charge in [-0.2, -0.15) is 4.98 Å². The molecule has 0 radical (unpaired) electrons. The maximum Gasteiger partial charge on any atom is 0.351 e. The van der Waals surface area contributed by atoms with Crippen molar-refractivity contribution in [2.45, 2.75) is 18.8 Å². The van der Waals surface area contributed by atoms with Crippen molar-refractivity contribution in [3.05, 3.63) is 50.7 Å². The van der Waals surface area contributed by atoms with Crippen molar-refractivity contribution >= 4 is 11.0 Å². The molecule has 4 rings (SSSR count). The van der Waals surface area contributed by atoms with Crippen molar-refractivity contribution in [3.8, 4) is 11.5 Å². The Kier molecular flexibility index (Phi) is 1.95. The lowest BCUT2D eigenvalue weighted by Gasteiger charge is -2.06. The molecule has 1 aromatic rings. The zero-order chi connectivity index (χ0) is 13.0. The normalized spacial score (nSPS) is 15.2. The third-order valence-corrected chi connectivity index (χ3v) is 3.49. The van der Waals surface area contributed by atoms with E-state index in [1.807, 2.05) is 18.2 Å². The second-order valence-corrected chi connectivity index (χ2v) is 4.91. The van der Waals surface area contributed by atoms with E-state index < -0.39 is 11.2 Å². The van der Waals surface area contributed by atoms with Gasteiger partial charge in [-0.25, -0.2) is 4.79 Å². The Bertz CT molecular complexity index is 874. The van der Waals surface area contributed by atoms with E-state index in [9.17, 15) is 9.59 Å². The molecule has 1 fully saturated rings. The van der Waals surface area contributed by atoms with Crippen LogP contribution in [0.2, 0.25) is 0 Å². The largest absolute Gasteiger partial charge is 0.437 e. The van der Waals surface area contributed by atoms with E-state index in [1.165, 1.54) is 18.4 Å². The van der Waals surface area contributed by atoms with Crippen molar-refractivity contribution in [2.75, 3.05) is 0 Å². The number of nitrogens with zero attached hydrogens (tertiary/aromatic N) is 1. The Labute approximate surface area is 107 Å². The van der Waals surface area contributed by atoms with Gasteiger partial charge in [0.05, 0.1) is 0 Å². The molecule has 5 heteroatoms. The third-order valence-electron chi connectivity index (χ3n) is 3.49. The first-order chi connectivity index (χ1) is 9.20. The highest BCUT2D eigenvalue weighted by Crippen LogP contribution is 2.41. The van der Waals surface area contributed by atoms with Crippen LogP contribution in [-0.4, -0.2) is 9.97 Å². The van der Waals surface area contributed by atoms with Crippen LogP contribution in [0.1, 0.15) is 24.3 Å². The summed E-state index contributed by atoms with van der Waals surface area (Å²) in [6.45, 7) is 0. The van der Waals surface area contributed by atoms with Crippen LogP contribution in [-0.2, 0) is 0 Å². The molecular weight excluding hydrogens is 244 g/mol. The molecule has 2 heterocycles. The summed E-state index contributed by atoms with van der Waals surface area (Å²) >= 11 is 0. The maximum atomic E-state index is 11.7. The van der Waals surface area contributed by atoms with Gasteiger partial charge in [-0.3, -0.25) is 9.78 Å². The average molecular weight is 254 g/mol. The summed E-state index contributed by atoms with van der Waals surface area (Å²) in [6, 6.07) is 7.67. The Hall–Kier alpha value is -2.43. The van der Waals surface area contributed by atoms with Gasteiger partial charge in [0.2, 0.25) is 5.89 Å². The Balaban J connectivity index is 2.07. The molecule has 19 heavy (non-hydrogen) atoms. The zero-order valence-corrected chi connectivity index (χ0v) is 9.97. The van der Waals surface area contributed by atoms with Crippen molar-refractivity contribution in [3.63, 3.8) is 0 Å². The van der Waals surface area contributed by atoms with E-state index in [0.29, 0.717) is 17.1 Å². The molecule has 0 aromatic heterocycles. The van der Waals surface area contributed by atoms with Crippen molar-refractivity contribution in [1.29, 1.82) is 0 Å². The first-order valence-electron chi connectivity index (χ1n) is 6.18. The van der Waals surface area contributed by atoms with Gasteiger partial charge in [0, 0.05) is 5.39 Å². The number of hydrogen-bond donors (Lipinski definition) is 1. The fraction of sp³-hybridized carbons (Fsp3) is 0.214. The standard InChI is InChI=1S/C14H10N2O3/c17-12-10-6-9-5-8(7-1-2-7)3-4-11(9)19-13(10)16-14(18)15-12/h3-7H,1-2H2,(H,15,17,18). The zero-order valence-electron chi connectivity index (χ0n) is 9.97. The number of fused-ring (bicyclic) bond motifs is 2. The van der Waals surface area contributed by atoms with Crippen molar-refractivity contribution in [2.24, 2.45) is 0 Å². The fourth-order valence-corrected chi connectivity index (χ4v) is 2.35. The molecule has 0 saturated heterocycles. The Morgan fingerprint density at radius 2 is 2.05 bits per heavy atom. The number of hydrogen-bond acceptors (Lipinski definition) is 4. The van der Waals surface area contributed by atoms with Crippen LogP contribution in [0.5, 0.6) is 0 Å². The minimum atomic E-state index is -0.685. The molecule has 1 saturated carbocycles. The summed E-state index contributed by atoms with van der Waals surface area (Å²) in [6.07, 6.45) is 2.44. The van der Waals surface area contributed by atoms with Crippen LogP contribution in [0.4, 0.5) is 0 Å². The predicted molar refractivity (Wildman–Crippen MR) is 69.5 cm³/mol. The smallest absolute Gasteiger partial charge is 0.351 e. The lowest BCUT2D eigenvalue weighted by Crippen LogP contribution is -2.24. The molecule has 3 aliphatic rings. The van der Waals surface area contributed by atoms with E-state index in [1.54, 1.807) is 6.07 Å². The highest BCUT2D eigenvalue weighted by atomic mass is 16.3. The predicted octanol–water partition coefficient (Wildman–Crippen LogP) is 1.86. The molecule has 0 bridgehead atoms. The maximum absolute atomic E-state index is 11.7. The van der Waals surface area contributed by atoms with Gasteiger partial charge in [-0.1, -0.05) is 6.07 Å². The van der Waals surface area contributed by atoms with E-state index >= 15 is 0 Å². The number of H-pyrrole nitrogens is 1. The lowest BCUT2D eigenvalue weighted by atomic mass is 10.1. The second-order valence-electron chi connectivity index (χ2n) is 4.91. The van der Waals surface area contributed by atoms with E-state index in [4.69, 9.17) is 4.42 Å². The number of aromatic nitrogens is 2. The molecule has 1 N–H and O–H groups in total. The number of rotatable bonds is 1. The molecule has 5 nitrogen and oxygen atoms in total. The van der Waals surface area contributed by atoms with Crippen LogP contribution in [0.3, 0.4) is 0 Å². The van der Waals surface area contributed by atoms with Gasteiger partial charge in [0.25, 0.3) is 5.56 Å². The highest BCUT2D eigenvalue weighted by molar-refractivity contribution is 5.82. The minimum Gasteiger partial charge on any atom is -0.437 e. The monoisotopic (exact) mass is 254 g/mol. The van der Waals surface area contributed by atoms with Crippen LogP contribution in [0.15, 0.2) is 38.3 Å². The molecule has 1 aromatic carbocycles. The van der Waals surface area contributed by atoms with Crippen LogP contribution in [0, 0.1) is 0 Å². The average Bonchev–Trinajstić information content (AvgIpc) is 3.20. The Morgan fingerprint density at radius 3 is 2.84 bits per heavy atom. The van der Waals surface area contributed by atoms with Crippen LogP contribution >= 0.6 is 0 Å². The molecule has 1 aliphatic carbocycles. The number of benzene rings is 1. The number of aromatic amines is 1. The molecule has 0 unspecified atom stereocenters. The topological polar surface area (TPSA) is 76.0 Å². The molecule has 0 atom stereocenters. The molecular formula is C14H10N2O3. The fourth-order valence-electron chi connectivity index (χ4n) is 2.35. The van der Waals surface area contributed by atoms with Crippen LogP contribution in [0.25, 0.3) is 22.4 Å². The first-order valence-corrected chi connectivity index (χ1v) is 6.18. The minimum absolute atomic E-state index is 0.0837. The highest BCUT2D eigenvalue weighted by Gasteiger charge is 2.24. The van der Waals surface area contributed by atoms with Crippen molar-refractivity contribution in [1.82, 2.24) is 9.97 Å². The van der Waals surface area contributed by atoms with Crippen LogP contribution < -0.4 is 11.2 Å². The quantitative estimate of drug-likeness (QED) is 0.672. The summed E-state index contributed by atoms with van der Waals surface area (Å²) < 4.78 is 5.53. The third kappa shape index (κ3) is 1.66. The van der Waals surface area contributed by atoms with Crippen molar-refractivity contribution < 1.29 is 4.42 Å². The molecule has 0 amide bonds. The van der Waals surface area contributed by atoms with Gasteiger partial charge in [0.15, 0.2) is 0 Å². The van der Waals surface area contributed by atoms with Gasteiger partial charge >= 0.3 is 5.69 Å². The van der Waals surface area contributed by atoms with Gasteiger partial charge in [-0.05, 0) is 42.5 Å². The summed E-state index contributed by atoms with van der Waals surface area (Å²) in [5.74, 6) is 0.723. The summed E-state index contributed by atoms with van der Waals surface area (Å²) in [7, 11) is 0. The summed E-state index contributed by atoms with van der Waals surface area (Å²) in [5, 5.41) is 0.864. The summed E-state index contributed by atoms with van der Waals surface area (Å²) in [4.78, 5) is 28.7. The Morgan fingerprint density at radius 1 is 1.21 bits per heavy atom. The molecule has 0 spiro atoms. The first kappa shape index (κ1) is 10.5. The molecule has 2 aliphatic heterocycles. The summed E-state index contributed by atoms with van der Waals surface area (Å²) in [5.41, 5.74) is 1.06. The van der Waals surface area contributed by atoms with E-state index in [2.05, 4.69) is 9.97 Å². The van der Waals surface area contributed by atoms with Gasteiger partial charge in [0.1, 0.15) is 11.1 Å². The SMILES string of the molecule is O=c1nc2oc3ccc(C4CC4)cc3cc-2c(=O)[nH]1. The second kappa shape index (κ2) is 3.54. The number of nitrogens with one attached hydrogen (secondary N) is 1.